The molecule has 2 heteroatoms. The van der Waals surface area contributed by atoms with Gasteiger partial charge in [0.05, 0.1) is 6.61 Å². The SMILES string of the molecule is CCC(O)(C1=CCCO1)C(C)C. The molecular formula is C10H18O2. The highest BCUT2D eigenvalue weighted by Gasteiger charge is 2.36. The lowest BCUT2D eigenvalue weighted by atomic mass is 9.86. The quantitative estimate of drug-likeness (QED) is 0.702. The molecule has 0 radical (unpaired) electrons. The van der Waals surface area contributed by atoms with Crippen LogP contribution in [0.1, 0.15) is 33.6 Å². The molecule has 0 aliphatic carbocycles. The number of aliphatic hydroxyl groups is 1. The molecule has 0 amide bonds. The fraction of sp³-hybridized carbons (Fsp3) is 0.800. The van der Waals surface area contributed by atoms with Gasteiger partial charge in [0.2, 0.25) is 0 Å². The second kappa shape index (κ2) is 3.48. The Morgan fingerprint density at radius 3 is 2.67 bits per heavy atom. The summed E-state index contributed by atoms with van der Waals surface area (Å²) in [5.74, 6) is 0.992. The van der Waals surface area contributed by atoms with Crippen molar-refractivity contribution in [2.24, 2.45) is 5.92 Å². The van der Waals surface area contributed by atoms with E-state index in [-0.39, 0.29) is 5.92 Å². The van der Waals surface area contributed by atoms with Crippen molar-refractivity contribution in [2.75, 3.05) is 6.61 Å². The van der Waals surface area contributed by atoms with Gasteiger partial charge in [-0.2, -0.15) is 0 Å². The molecule has 0 fully saturated rings. The molecule has 0 aromatic rings. The topological polar surface area (TPSA) is 29.5 Å². The molecule has 0 saturated carbocycles. The molecule has 1 heterocycles. The van der Waals surface area contributed by atoms with Gasteiger partial charge in [0.25, 0.3) is 0 Å². The minimum absolute atomic E-state index is 0.215. The van der Waals surface area contributed by atoms with E-state index in [1.54, 1.807) is 0 Å². The molecule has 1 atom stereocenters. The van der Waals surface area contributed by atoms with E-state index in [4.69, 9.17) is 4.74 Å². The highest BCUT2D eigenvalue weighted by molar-refractivity contribution is 5.13. The minimum Gasteiger partial charge on any atom is -0.495 e. The van der Waals surface area contributed by atoms with E-state index in [0.29, 0.717) is 0 Å². The zero-order valence-corrected chi connectivity index (χ0v) is 8.13. The Bertz CT molecular complexity index is 184. The first-order chi connectivity index (χ1) is 5.61. The van der Waals surface area contributed by atoms with E-state index in [2.05, 4.69) is 0 Å². The molecular weight excluding hydrogens is 152 g/mol. The van der Waals surface area contributed by atoms with Crippen molar-refractivity contribution in [1.29, 1.82) is 0 Å². The third-order valence-corrected chi connectivity index (χ3v) is 2.63. The smallest absolute Gasteiger partial charge is 0.124 e. The second-order valence-corrected chi connectivity index (χ2v) is 3.64. The Labute approximate surface area is 74.2 Å². The van der Waals surface area contributed by atoms with Crippen molar-refractivity contribution in [2.45, 2.75) is 39.2 Å². The molecule has 1 aliphatic heterocycles. The van der Waals surface area contributed by atoms with Crippen molar-refractivity contribution in [3.63, 3.8) is 0 Å². The van der Waals surface area contributed by atoms with Gasteiger partial charge in [-0.25, -0.2) is 0 Å². The Balaban J connectivity index is 2.78. The highest BCUT2D eigenvalue weighted by atomic mass is 16.5. The summed E-state index contributed by atoms with van der Waals surface area (Å²) >= 11 is 0. The predicted octanol–water partition coefficient (Wildman–Crippen LogP) is 2.09. The van der Waals surface area contributed by atoms with Crippen LogP contribution in [0.25, 0.3) is 0 Å². The Hall–Kier alpha value is -0.500. The lowest BCUT2D eigenvalue weighted by Gasteiger charge is -2.31. The van der Waals surface area contributed by atoms with Gasteiger partial charge < -0.3 is 9.84 Å². The van der Waals surface area contributed by atoms with Crippen molar-refractivity contribution in [1.82, 2.24) is 0 Å². The van der Waals surface area contributed by atoms with Crippen LogP contribution in [0.5, 0.6) is 0 Å². The maximum Gasteiger partial charge on any atom is 0.124 e. The normalized spacial score (nSPS) is 21.9. The lowest BCUT2D eigenvalue weighted by molar-refractivity contribution is -0.0207. The third kappa shape index (κ3) is 1.48. The summed E-state index contributed by atoms with van der Waals surface area (Å²) in [5.41, 5.74) is -0.740. The molecule has 0 spiro atoms. The van der Waals surface area contributed by atoms with Crippen LogP contribution in [0.15, 0.2) is 11.8 Å². The first-order valence-electron chi connectivity index (χ1n) is 4.67. The zero-order chi connectivity index (χ0) is 9.19. The Morgan fingerprint density at radius 1 is 1.67 bits per heavy atom. The predicted molar refractivity (Wildman–Crippen MR) is 48.7 cm³/mol. The molecule has 0 saturated heterocycles. The van der Waals surface area contributed by atoms with Crippen molar-refractivity contribution in [3.8, 4) is 0 Å². The second-order valence-electron chi connectivity index (χ2n) is 3.64. The summed E-state index contributed by atoms with van der Waals surface area (Å²) < 4.78 is 5.38. The zero-order valence-electron chi connectivity index (χ0n) is 8.13. The van der Waals surface area contributed by atoms with Gasteiger partial charge >= 0.3 is 0 Å². The maximum absolute atomic E-state index is 10.2. The van der Waals surface area contributed by atoms with Gasteiger partial charge in [0, 0.05) is 6.42 Å². The van der Waals surface area contributed by atoms with Gasteiger partial charge in [-0.3, -0.25) is 0 Å². The van der Waals surface area contributed by atoms with Gasteiger partial charge in [0.15, 0.2) is 0 Å². The molecule has 0 aromatic heterocycles. The first kappa shape index (κ1) is 9.59. The third-order valence-electron chi connectivity index (χ3n) is 2.63. The molecule has 1 rings (SSSR count). The van der Waals surface area contributed by atoms with Gasteiger partial charge in [-0.05, 0) is 18.4 Å². The highest BCUT2D eigenvalue weighted by Crippen LogP contribution is 2.32. The van der Waals surface area contributed by atoms with E-state index < -0.39 is 5.60 Å². The molecule has 1 aliphatic rings. The lowest BCUT2D eigenvalue weighted by Crippen LogP contribution is -2.36. The summed E-state index contributed by atoms with van der Waals surface area (Å²) in [6, 6.07) is 0. The van der Waals surface area contributed by atoms with E-state index in [0.717, 1.165) is 25.2 Å². The van der Waals surface area contributed by atoms with Crippen molar-refractivity contribution in [3.05, 3.63) is 11.8 Å². The van der Waals surface area contributed by atoms with Crippen LogP contribution < -0.4 is 0 Å². The number of hydrogen-bond donors (Lipinski definition) is 1. The molecule has 12 heavy (non-hydrogen) atoms. The monoisotopic (exact) mass is 170 g/mol. The Kier molecular flexibility index (Phi) is 2.78. The van der Waals surface area contributed by atoms with Crippen molar-refractivity contribution >= 4 is 0 Å². The van der Waals surface area contributed by atoms with Crippen LogP contribution >= 0.6 is 0 Å². The van der Waals surface area contributed by atoms with Crippen LogP contribution in [0, 0.1) is 5.92 Å². The van der Waals surface area contributed by atoms with Crippen LogP contribution in [-0.2, 0) is 4.74 Å². The largest absolute Gasteiger partial charge is 0.495 e. The van der Waals surface area contributed by atoms with Gasteiger partial charge in [-0.15, -0.1) is 0 Å². The van der Waals surface area contributed by atoms with Crippen LogP contribution in [0.3, 0.4) is 0 Å². The van der Waals surface area contributed by atoms with E-state index >= 15 is 0 Å². The number of hydrogen-bond acceptors (Lipinski definition) is 2. The summed E-state index contributed by atoms with van der Waals surface area (Å²) in [6.07, 6.45) is 3.66. The summed E-state index contributed by atoms with van der Waals surface area (Å²) in [7, 11) is 0. The number of ether oxygens (including phenoxy) is 1. The fourth-order valence-electron chi connectivity index (χ4n) is 1.59. The molecule has 0 bridgehead atoms. The summed E-state index contributed by atoms with van der Waals surface area (Å²) in [6.45, 7) is 6.75. The van der Waals surface area contributed by atoms with E-state index in [1.807, 2.05) is 26.8 Å². The first-order valence-corrected chi connectivity index (χ1v) is 4.67. The summed E-state index contributed by atoms with van der Waals surface area (Å²) in [4.78, 5) is 0. The fourth-order valence-corrected chi connectivity index (χ4v) is 1.59. The van der Waals surface area contributed by atoms with Crippen LogP contribution in [0.4, 0.5) is 0 Å². The van der Waals surface area contributed by atoms with E-state index in [1.165, 1.54) is 0 Å². The average molecular weight is 170 g/mol. The van der Waals surface area contributed by atoms with E-state index in [9.17, 15) is 5.11 Å². The molecule has 1 N–H and O–H groups in total. The average Bonchev–Trinajstić information content (AvgIpc) is 2.54. The standard InChI is InChI=1S/C10H18O2/c1-4-10(11,8(2)3)9-6-5-7-12-9/h6,8,11H,4-5,7H2,1-3H3. The molecule has 0 aromatic carbocycles. The van der Waals surface area contributed by atoms with Crippen LogP contribution in [-0.4, -0.2) is 17.3 Å². The van der Waals surface area contributed by atoms with Gasteiger partial charge in [0.1, 0.15) is 11.4 Å². The molecule has 2 nitrogen and oxygen atoms in total. The van der Waals surface area contributed by atoms with Crippen LogP contribution in [0.2, 0.25) is 0 Å². The maximum atomic E-state index is 10.2. The van der Waals surface area contributed by atoms with Gasteiger partial charge in [-0.1, -0.05) is 20.8 Å². The molecule has 1 unspecified atom stereocenters. The Morgan fingerprint density at radius 2 is 2.33 bits per heavy atom. The summed E-state index contributed by atoms with van der Waals surface area (Å²) in [5, 5.41) is 10.2. The minimum atomic E-state index is -0.740. The molecule has 70 valence electrons. The number of rotatable bonds is 3. The van der Waals surface area contributed by atoms with Crippen molar-refractivity contribution < 1.29 is 9.84 Å².